The number of nitrogens with one attached hydrogen (secondary N) is 2. The maximum atomic E-state index is 12.5. The zero-order valence-electron chi connectivity index (χ0n) is 15.7. The lowest BCUT2D eigenvalue weighted by Gasteiger charge is -2.10. The van der Waals surface area contributed by atoms with Crippen LogP contribution in [0.4, 0.5) is 0 Å². The SMILES string of the molecule is Cc1ccc(-c2cn3c(n2)sc2cc(C(=O)NC[C@H]4CCNC4)ccc23)cc1. The highest BCUT2D eigenvalue weighted by atomic mass is 32.1. The van der Waals surface area contributed by atoms with Gasteiger partial charge in [0.15, 0.2) is 4.96 Å². The fourth-order valence-corrected chi connectivity index (χ4v) is 4.78. The predicted octanol–water partition coefficient (Wildman–Crippen LogP) is 3.86. The molecule has 3 heterocycles. The Hall–Kier alpha value is -2.70. The van der Waals surface area contributed by atoms with E-state index in [9.17, 15) is 4.79 Å². The Morgan fingerprint density at radius 3 is 2.93 bits per heavy atom. The number of benzene rings is 2. The number of nitrogens with zero attached hydrogens (tertiary/aromatic N) is 2. The second kappa shape index (κ2) is 7.04. The summed E-state index contributed by atoms with van der Waals surface area (Å²) in [6.07, 6.45) is 3.20. The molecule has 0 spiro atoms. The smallest absolute Gasteiger partial charge is 0.251 e. The van der Waals surface area contributed by atoms with Crippen molar-refractivity contribution in [3.8, 4) is 11.3 Å². The first-order valence-electron chi connectivity index (χ1n) is 9.65. The van der Waals surface area contributed by atoms with Crippen molar-refractivity contribution in [1.29, 1.82) is 0 Å². The van der Waals surface area contributed by atoms with Gasteiger partial charge >= 0.3 is 0 Å². The van der Waals surface area contributed by atoms with Crippen LogP contribution in [-0.4, -0.2) is 34.9 Å². The van der Waals surface area contributed by atoms with Crippen LogP contribution in [0, 0.1) is 12.8 Å². The van der Waals surface area contributed by atoms with Crippen LogP contribution in [0.2, 0.25) is 0 Å². The lowest BCUT2D eigenvalue weighted by atomic mass is 10.1. The van der Waals surface area contributed by atoms with Crippen molar-refractivity contribution in [2.24, 2.45) is 5.92 Å². The van der Waals surface area contributed by atoms with Crippen LogP contribution in [0.5, 0.6) is 0 Å². The average Bonchev–Trinajstić information content (AvgIpc) is 3.42. The van der Waals surface area contributed by atoms with E-state index < -0.39 is 0 Å². The summed E-state index contributed by atoms with van der Waals surface area (Å²) in [5.74, 6) is 0.540. The Balaban J connectivity index is 1.41. The summed E-state index contributed by atoms with van der Waals surface area (Å²) in [5, 5.41) is 6.40. The number of carbonyl (C=O) groups is 1. The molecule has 5 rings (SSSR count). The van der Waals surface area contributed by atoms with Crippen LogP contribution >= 0.6 is 11.3 Å². The standard InChI is InChI=1S/C22H22N4OS/c1-14-2-4-16(5-3-14)18-13-26-19-7-6-17(10-20(19)28-22(26)25-18)21(27)24-12-15-8-9-23-11-15/h2-7,10,13,15,23H,8-9,11-12H2,1H3,(H,24,27)/t15-/m0/s1. The molecule has 0 bridgehead atoms. The van der Waals surface area contributed by atoms with Crippen LogP contribution in [0.1, 0.15) is 22.3 Å². The molecule has 28 heavy (non-hydrogen) atoms. The van der Waals surface area contributed by atoms with E-state index in [4.69, 9.17) is 4.98 Å². The van der Waals surface area contributed by atoms with Gasteiger partial charge in [-0.2, -0.15) is 0 Å². The van der Waals surface area contributed by atoms with Gasteiger partial charge in [-0.25, -0.2) is 4.98 Å². The van der Waals surface area contributed by atoms with Crippen LogP contribution in [0.25, 0.3) is 26.4 Å². The highest BCUT2D eigenvalue weighted by Crippen LogP contribution is 2.30. The summed E-state index contributed by atoms with van der Waals surface area (Å²) in [6, 6.07) is 14.3. The first kappa shape index (κ1) is 17.4. The first-order valence-corrected chi connectivity index (χ1v) is 10.5. The van der Waals surface area contributed by atoms with Crippen molar-refractivity contribution in [1.82, 2.24) is 20.0 Å². The number of rotatable bonds is 4. The van der Waals surface area contributed by atoms with E-state index in [0.29, 0.717) is 11.5 Å². The number of aryl methyl sites for hydroxylation is 1. The minimum atomic E-state index is 0.000171. The number of aromatic nitrogens is 2. The van der Waals surface area contributed by atoms with Crippen LogP contribution < -0.4 is 10.6 Å². The number of fused-ring (bicyclic) bond motifs is 3. The van der Waals surface area contributed by atoms with E-state index in [1.807, 2.05) is 18.2 Å². The summed E-state index contributed by atoms with van der Waals surface area (Å²) in [5.41, 5.74) is 5.13. The van der Waals surface area contributed by atoms with Crippen molar-refractivity contribution in [3.63, 3.8) is 0 Å². The van der Waals surface area contributed by atoms with Gasteiger partial charge < -0.3 is 10.6 Å². The van der Waals surface area contributed by atoms with Crippen molar-refractivity contribution in [2.45, 2.75) is 13.3 Å². The maximum Gasteiger partial charge on any atom is 0.251 e. The Labute approximate surface area is 167 Å². The molecule has 1 fully saturated rings. The molecule has 5 nitrogen and oxygen atoms in total. The molecule has 2 aromatic carbocycles. The highest BCUT2D eigenvalue weighted by Gasteiger charge is 2.17. The largest absolute Gasteiger partial charge is 0.352 e. The van der Waals surface area contributed by atoms with Gasteiger partial charge in [0, 0.05) is 23.9 Å². The third-order valence-electron chi connectivity index (χ3n) is 5.42. The molecule has 2 N–H and O–H groups in total. The first-order chi connectivity index (χ1) is 13.7. The van der Waals surface area contributed by atoms with Crippen molar-refractivity contribution >= 4 is 32.4 Å². The van der Waals surface area contributed by atoms with E-state index in [2.05, 4.69) is 52.4 Å². The van der Waals surface area contributed by atoms with E-state index in [-0.39, 0.29) is 5.91 Å². The quantitative estimate of drug-likeness (QED) is 0.556. The number of imidazole rings is 1. The van der Waals surface area contributed by atoms with Gasteiger partial charge in [0.2, 0.25) is 0 Å². The van der Waals surface area contributed by atoms with Crippen molar-refractivity contribution < 1.29 is 4.79 Å². The minimum Gasteiger partial charge on any atom is -0.352 e. The fourth-order valence-electron chi connectivity index (χ4n) is 3.73. The van der Waals surface area contributed by atoms with Crippen molar-refractivity contribution in [3.05, 3.63) is 59.8 Å². The molecule has 2 aromatic heterocycles. The summed E-state index contributed by atoms with van der Waals surface area (Å²) in [6.45, 7) is 4.86. The second-order valence-corrected chi connectivity index (χ2v) is 8.51. The molecule has 1 aliphatic heterocycles. The Kier molecular flexibility index (Phi) is 4.37. The summed E-state index contributed by atoms with van der Waals surface area (Å²) < 4.78 is 3.19. The minimum absolute atomic E-state index is 0.000171. The molecular weight excluding hydrogens is 368 g/mol. The van der Waals surface area contributed by atoms with Crippen LogP contribution in [0.15, 0.2) is 48.7 Å². The topological polar surface area (TPSA) is 58.4 Å². The number of hydrogen-bond acceptors (Lipinski definition) is 4. The Bertz CT molecular complexity index is 1150. The van der Waals surface area contributed by atoms with E-state index in [1.54, 1.807) is 11.3 Å². The van der Waals surface area contributed by atoms with Gasteiger partial charge in [-0.05, 0) is 50.6 Å². The van der Waals surface area contributed by atoms with Gasteiger partial charge in [0.05, 0.1) is 15.9 Å². The van der Waals surface area contributed by atoms with Gasteiger partial charge in [-0.15, -0.1) is 0 Å². The van der Waals surface area contributed by atoms with Crippen molar-refractivity contribution in [2.75, 3.05) is 19.6 Å². The third-order valence-corrected chi connectivity index (χ3v) is 6.43. The number of carbonyl (C=O) groups excluding carboxylic acids is 1. The third kappa shape index (κ3) is 3.19. The molecule has 0 aliphatic carbocycles. The normalized spacial score (nSPS) is 16.8. The molecule has 0 radical (unpaired) electrons. The van der Waals surface area contributed by atoms with Crippen LogP contribution in [0.3, 0.4) is 0 Å². The van der Waals surface area contributed by atoms with E-state index in [1.165, 1.54) is 5.56 Å². The zero-order chi connectivity index (χ0) is 19.1. The van der Waals surface area contributed by atoms with E-state index >= 15 is 0 Å². The molecular formula is C22H22N4OS. The van der Waals surface area contributed by atoms with Gasteiger partial charge in [-0.1, -0.05) is 41.2 Å². The maximum absolute atomic E-state index is 12.5. The number of hydrogen-bond donors (Lipinski definition) is 2. The van der Waals surface area contributed by atoms with Gasteiger partial charge in [0.1, 0.15) is 0 Å². The number of thiazole rings is 1. The zero-order valence-corrected chi connectivity index (χ0v) is 16.6. The Morgan fingerprint density at radius 2 is 2.14 bits per heavy atom. The fraction of sp³-hybridized carbons (Fsp3) is 0.273. The predicted molar refractivity (Wildman–Crippen MR) is 114 cm³/mol. The number of amides is 1. The molecule has 6 heteroatoms. The molecule has 0 saturated carbocycles. The molecule has 1 amide bonds. The average molecular weight is 391 g/mol. The molecule has 1 atom stereocenters. The summed E-state index contributed by atoms with van der Waals surface area (Å²) in [7, 11) is 0. The summed E-state index contributed by atoms with van der Waals surface area (Å²) in [4.78, 5) is 18.2. The van der Waals surface area contributed by atoms with Gasteiger partial charge in [0.25, 0.3) is 5.91 Å². The van der Waals surface area contributed by atoms with Crippen LogP contribution in [-0.2, 0) is 0 Å². The molecule has 1 saturated heterocycles. The lowest BCUT2D eigenvalue weighted by Crippen LogP contribution is -2.30. The summed E-state index contributed by atoms with van der Waals surface area (Å²) >= 11 is 1.62. The highest BCUT2D eigenvalue weighted by molar-refractivity contribution is 7.23. The Morgan fingerprint density at radius 1 is 1.29 bits per heavy atom. The van der Waals surface area contributed by atoms with E-state index in [0.717, 1.165) is 52.5 Å². The molecule has 142 valence electrons. The monoisotopic (exact) mass is 390 g/mol. The van der Waals surface area contributed by atoms with Gasteiger partial charge in [-0.3, -0.25) is 9.20 Å². The molecule has 4 aromatic rings. The second-order valence-electron chi connectivity index (χ2n) is 7.50. The molecule has 0 unspecified atom stereocenters. The molecule has 1 aliphatic rings. The lowest BCUT2D eigenvalue weighted by molar-refractivity contribution is 0.0948.